The van der Waals surface area contributed by atoms with E-state index >= 15 is 0 Å². The first-order chi connectivity index (χ1) is 14.3. The molecule has 2 aliphatic carbocycles. The minimum atomic E-state index is 0.0580. The average molecular weight is 411 g/mol. The van der Waals surface area contributed by atoms with Gasteiger partial charge in [0.25, 0.3) is 0 Å². The van der Waals surface area contributed by atoms with Crippen molar-refractivity contribution in [1.82, 2.24) is 0 Å². The maximum atomic E-state index is 2.53. The summed E-state index contributed by atoms with van der Waals surface area (Å²) in [6.45, 7) is 9.77. The molecule has 1 fully saturated rings. The normalized spacial score (nSPS) is 27.9. The van der Waals surface area contributed by atoms with Crippen LogP contribution in [-0.4, -0.2) is 4.75 Å². The summed E-state index contributed by atoms with van der Waals surface area (Å²) in [5, 5.41) is 0. The standard InChI is InChI=1S/C29H30S/c1-27(2)23-10-6-5-9-21(23)22-13-11-19(17-24(22)27)20-12-14-26-25(18-20)28(3)15-7-8-16-29(28,4)30-26/h5-6,9-14,17-18H,7-8,15-16H2,1-4H3. The number of fused-ring (bicyclic) bond motifs is 6. The predicted molar refractivity (Wildman–Crippen MR) is 130 cm³/mol. The molecular formula is C29H30S. The fraction of sp³-hybridized carbons (Fsp3) is 0.379. The number of rotatable bonds is 1. The highest BCUT2D eigenvalue weighted by molar-refractivity contribution is 8.01. The van der Waals surface area contributed by atoms with Crippen LogP contribution in [0.15, 0.2) is 65.6 Å². The lowest BCUT2D eigenvalue weighted by atomic mass is 9.64. The molecule has 1 aliphatic heterocycles. The molecule has 3 aliphatic rings. The number of hydrogen-bond acceptors (Lipinski definition) is 1. The fourth-order valence-electron chi connectivity index (χ4n) is 6.42. The van der Waals surface area contributed by atoms with Crippen LogP contribution in [-0.2, 0) is 10.8 Å². The van der Waals surface area contributed by atoms with Crippen molar-refractivity contribution in [2.45, 2.75) is 73.9 Å². The SMILES string of the molecule is CC1(C)c2ccccc2-c2ccc(-c3ccc4c(c3)C3(C)CCCCC3(C)S4)cc21. The molecule has 0 bridgehead atoms. The molecule has 152 valence electrons. The van der Waals surface area contributed by atoms with E-state index in [-0.39, 0.29) is 5.41 Å². The molecule has 0 amide bonds. The summed E-state index contributed by atoms with van der Waals surface area (Å²) in [6.07, 6.45) is 5.39. The Morgan fingerprint density at radius 3 is 2.17 bits per heavy atom. The zero-order valence-corrected chi connectivity index (χ0v) is 19.3. The molecule has 3 aromatic rings. The van der Waals surface area contributed by atoms with E-state index < -0.39 is 0 Å². The molecule has 1 heteroatoms. The summed E-state index contributed by atoms with van der Waals surface area (Å²) in [6, 6.07) is 23.3. The van der Waals surface area contributed by atoms with Crippen molar-refractivity contribution in [3.8, 4) is 22.3 Å². The third kappa shape index (κ3) is 2.31. The maximum absolute atomic E-state index is 2.53. The topological polar surface area (TPSA) is 0 Å². The number of thioether (sulfide) groups is 1. The number of benzene rings is 3. The van der Waals surface area contributed by atoms with Gasteiger partial charge >= 0.3 is 0 Å². The van der Waals surface area contributed by atoms with Gasteiger partial charge in [-0.2, -0.15) is 0 Å². The van der Waals surface area contributed by atoms with Gasteiger partial charge in [-0.3, -0.25) is 0 Å². The zero-order chi connectivity index (χ0) is 20.7. The Kier molecular flexibility index (Phi) is 3.77. The first kappa shape index (κ1) is 18.8. The molecule has 2 unspecified atom stereocenters. The monoisotopic (exact) mass is 410 g/mol. The molecule has 0 spiro atoms. The predicted octanol–water partition coefficient (Wildman–Crippen LogP) is 8.36. The Labute approximate surface area is 185 Å². The summed E-state index contributed by atoms with van der Waals surface area (Å²) in [4.78, 5) is 1.51. The molecule has 30 heavy (non-hydrogen) atoms. The van der Waals surface area contributed by atoms with Crippen molar-refractivity contribution >= 4 is 11.8 Å². The third-order valence-electron chi connectivity index (χ3n) is 8.57. The molecule has 0 radical (unpaired) electrons. The smallest absolute Gasteiger partial charge is 0.0273 e. The molecule has 0 nitrogen and oxygen atoms in total. The van der Waals surface area contributed by atoms with E-state index in [1.807, 2.05) is 0 Å². The van der Waals surface area contributed by atoms with E-state index in [0.29, 0.717) is 10.2 Å². The van der Waals surface area contributed by atoms with E-state index in [9.17, 15) is 0 Å². The van der Waals surface area contributed by atoms with Gasteiger partial charge in [0.05, 0.1) is 0 Å². The second-order valence-electron chi connectivity index (χ2n) is 10.5. The van der Waals surface area contributed by atoms with Crippen molar-refractivity contribution in [3.63, 3.8) is 0 Å². The van der Waals surface area contributed by atoms with E-state index in [1.54, 1.807) is 5.56 Å². The van der Waals surface area contributed by atoms with Gasteiger partial charge in [-0.15, -0.1) is 11.8 Å². The Hall–Kier alpha value is -1.99. The first-order valence-corrected chi connectivity index (χ1v) is 12.2. The molecule has 1 heterocycles. The van der Waals surface area contributed by atoms with E-state index in [4.69, 9.17) is 0 Å². The van der Waals surface area contributed by atoms with Crippen molar-refractivity contribution in [2.24, 2.45) is 0 Å². The van der Waals surface area contributed by atoms with E-state index in [2.05, 4.69) is 100 Å². The molecule has 2 atom stereocenters. The molecule has 0 aromatic heterocycles. The largest absolute Gasteiger partial charge is 0.118 e. The molecule has 3 aromatic carbocycles. The Morgan fingerprint density at radius 2 is 1.33 bits per heavy atom. The van der Waals surface area contributed by atoms with Crippen LogP contribution in [0.2, 0.25) is 0 Å². The minimum Gasteiger partial charge on any atom is -0.118 e. The van der Waals surface area contributed by atoms with Gasteiger partial charge in [0, 0.05) is 20.5 Å². The van der Waals surface area contributed by atoms with Gasteiger partial charge in [-0.05, 0) is 76.9 Å². The lowest BCUT2D eigenvalue weighted by molar-refractivity contribution is 0.260. The second kappa shape index (κ2) is 6.04. The highest BCUT2D eigenvalue weighted by atomic mass is 32.2. The number of hydrogen-bond donors (Lipinski definition) is 0. The highest BCUT2D eigenvalue weighted by Crippen LogP contribution is 2.63. The summed E-state index contributed by atoms with van der Waals surface area (Å²) in [7, 11) is 0. The molecule has 6 rings (SSSR count). The molecule has 1 saturated carbocycles. The van der Waals surface area contributed by atoms with E-state index in [0.717, 1.165) is 0 Å². The Bertz CT molecular complexity index is 1190. The maximum Gasteiger partial charge on any atom is 0.0273 e. The van der Waals surface area contributed by atoms with Crippen LogP contribution in [0, 0.1) is 0 Å². The summed E-state index contributed by atoms with van der Waals surface area (Å²) in [5.74, 6) is 0. The van der Waals surface area contributed by atoms with Crippen LogP contribution in [0.5, 0.6) is 0 Å². The second-order valence-corrected chi connectivity index (χ2v) is 12.1. The first-order valence-electron chi connectivity index (χ1n) is 11.4. The third-order valence-corrected chi connectivity index (χ3v) is 10.3. The molecule has 0 N–H and O–H groups in total. The minimum absolute atomic E-state index is 0.0580. The van der Waals surface area contributed by atoms with Crippen LogP contribution < -0.4 is 0 Å². The van der Waals surface area contributed by atoms with Gasteiger partial charge in [0.1, 0.15) is 0 Å². The summed E-state index contributed by atoms with van der Waals surface area (Å²) >= 11 is 2.14. The van der Waals surface area contributed by atoms with Crippen LogP contribution in [0.4, 0.5) is 0 Å². The van der Waals surface area contributed by atoms with Crippen molar-refractivity contribution in [1.29, 1.82) is 0 Å². The van der Waals surface area contributed by atoms with Gasteiger partial charge in [0.2, 0.25) is 0 Å². The summed E-state index contributed by atoms with van der Waals surface area (Å²) < 4.78 is 0.355. The van der Waals surface area contributed by atoms with E-state index in [1.165, 1.54) is 64.0 Å². The Balaban J connectivity index is 1.47. The van der Waals surface area contributed by atoms with Gasteiger partial charge in [-0.1, -0.05) is 76.1 Å². The zero-order valence-electron chi connectivity index (χ0n) is 18.5. The lowest BCUT2D eigenvalue weighted by Crippen LogP contribution is -2.43. The van der Waals surface area contributed by atoms with Gasteiger partial charge < -0.3 is 0 Å². The van der Waals surface area contributed by atoms with Crippen LogP contribution in [0.3, 0.4) is 0 Å². The average Bonchev–Trinajstić information content (AvgIpc) is 3.12. The van der Waals surface area contributed by atoms with Crippen LogP contribution in [0.1, 0.15) is 70.1 Å². The Morgan fingerprint density at radius 1 is 0.667 bits per heavy atom. The lowest BCUT2D eigenvalue weighted by Gasteiger charge is -2.45. The molecule has 0 saturated heterocycles. The highest BCUT2D eigenvalue weighted by Gasteiger charge is 2.53. The van der Waals surface area contributed by atoms with Gasteiger partial charge in [-0.25, -0.2) is 0 Å². The quantitative estimate of drug-likeness (QED) is 0.388. The van der Waals surface area contributed by atoms with Crippen LogP contribution in [0.25, 0.3) is 22.3 Å². The van der Waals surface area contributed by atoms with Crippen molar-refractivity contribution in [3.05, 3.63) is 77.4 Å². The van der Waals surface area contributed by atoms with Gasteiger partial charge in [0.15, 0.2) is 0 Å². The van der Waals surface area contributed by atoms with Crippen molar-refractivity contribution < 1.29 is 0 Å². The summed E-state index contributed by atoms with van der Waals surface area (Å²) in [5.41, 5.74) is 10.4. The fourth-order valence-corrected chi connectivity index (χ4v) is 8.12. The van der Waals surface area contributed by atoms with Crippen LogP contribution >= 0.6 is 11.8 Å². The molecular weight excluding hydrogens is 380 g/mol. The van der Waals surface area contributed by atoms with Crippen molar-refractivity contribution in [2.75, 3.05) is 0 Å².